The van der Waals surface area contributed by atoms with Crippen LogP contribution in [0.4, 0.5) is 11.4 Å². The van der Waals surface area contributed by atoms with Gasteiger partial charge in [0.25, 0.3) is 5.91 Å². The van der Waals surface area contributed by atoms with E-state index in [-0.39, 0.29) is 0 Å². The van der Waals surface area contributed by atoms with Crippen LogP contribution in [0.25, 0.3) is 11.3 Å². The number of aromatic nitrogens is 2. The Morgan fingerprint density at radius 2 is 1.97 bits per heavy atom. The summed E-state index contributed by atoms with van der Waals surface area (Å²) < 4.78 is 5.20. The number of carbonyl (C=O) groups excluding carboxylic acids is 2. The molecule has 8 nitrogen and oxygen atoms in total. The summed E-state index contributed by atoms with van der Waals surface area (Å²) in [6.45, 7) is 1.66. The summed E-state index contributed by atoms with van der Waals surface area (Å²) in [5.41, 5.74) is 3.02. The zero-order chi connectivity index (χ0) is 21.1. The van der Waals surface area contributed by atoms with Crippen molar-refractivity contribution in [1.29, 1.82) is 0 Å². The molecule has 2 amide bonds. The van der Waals surface area contributed by atoms with Gasteiger partial charge in [-0.05, 0) is 31.2 Å². The molecule has 3 aromatic rings. The average molecular weight is 401 g/mol. The molecule has 0 bridgehead atoms. The van der Waals surface area contributed by atoms with E-state index in [0.717, 1.165) is 5.56 Å². The lowest BCUT2D eigenvalue weighted by molar-refractivity contribution is -0.127. The SMILES string of the molecule is COc1cccc(N2N=C(C)C(C(=O)Nc3cccc(-c4cnccn4)c3)C2=O)c1. The molecule has 1 aromatic heterocycles. The standard InChI is InChI=1S/C22H19N5O3/c1-14-20(22(29)27(26-14)17-7-4-8-18(12-17)30-2)21(28)25-16-6-3-5-15(11-16)19-13-23-9-10-24-19/h3-13,20H,1-2H3,(H,25,28). The van der Waals surface area contributed by atoms with Gasteiger partial charge in [-0.15, -0.1) is 0 Å². The number of hydrazone groups is 1. The van der Waals surface area contributed by atoms with E-state index >= 15 is 0 Å². The second-order valence-corrected chi connectivity index (χ2v) is 6.69. The molecule has 1 aliphatic heterocycles. The zero-order valence-electron chi connectivity index (χ0n) is 16.4. The van der Waals surface area contributed by atoms with Crippen molar-refractivity contribution in [1.82, 2.24) is 9.97 Å². The van der Waals surface area contributed by atoms with Crippen molar-refractivity contribution in [3.05, 3.63) is 67.1 Å². The highest BCUT2D eigenvalue weighted by Crippen LogP contribution is 2.28. The van der Waals surface area contributed by atoms with Crippen LogP contribution < -0.4 is 15.1 Å². The van der Waals surface area contributed by atoms with Gasteiger partial charge >= 0.3 is 0 Å². The number of ether oxygens (including phenoxy) is 1. The highest BCUT2D eigenvalue weighted by molar-refractivity contribution is 6.28. The minimum Gasteiger partial charge on any atom is -0.497 e. The first kappa shape index (κ1) is 19.3. The largest absolute Gasteiger partial charge is 0.497 e. The summed E-state index contributed by atoms with van der Waals surface area (Å²) in [4.78, 5) is 34.1. The Morgan fingerprint density at radius 3 is 2.73 bits per heavy atom. The maximum Gasteiger partial charge on any atom is 0.265 e. The van der Waals surface area contributed by atoms with Crippen molar-refractivity contribution in [2.75, 3.05) is 17.4 Å². The van der Waals surface area contributed by atoms with Crippen molar-refractivity contribution in [3.8, 4) is 17.0 Å². The molecular weight excluding hydrogens is 382 g/mol. The Morgan fingerprint density at radius 1 is 1.13 bits per heavy atom. The van der Waals surface area contributed by atoms with Gasteiger partial charge in [0.2, 0.25) is 5.91 Å². The third-order valence-electron chi connectivity index (χ3n) is 4.68. The van der Waals surface area contributed by atoms with Crippen LogP contribution in [-0.2, 0) is 9.59 Å². The number of benzene rings is 2. The number of hydrogen-bond donors (Lipinski definition) is 1. The van der Waals surface area contributed by atoms with E-state index in [1.165, 1.54) is 5.01 Å². The lowest BCUT2D eigenvalue weighted by atomic mass is 10.0. The molecule has 2 aromatic carbocycles. The summed E-state index contributed by atoms with van der Waals surface area (Å²) in [6.07, 6.45) is 4.84. The lowest BCUT2D eigenvalue weighted by Gasteiger charge is -2.15. The van der Waals surface area contributed by atoms with Crippen molar-refractivity contribution >= 4 is 28.9 Å². The van der Waals surface area contributed by atoms with Crippen molar-refractivity contribution in [2.45, 2.75) is 6.92 Å². The van der Waals surface area contributed by atoms with Crippen molar-refractivity contribution < 1.29 is 14.3 Å². The number of hydrogen-bond acceptors (Lipinski definition) is 6. The summed E-state index contributed by atoms with van der Waals surface area (Å²) in [5, 5.41) is 8.33. The Labute approximate surface area is 173 Å². The molecule has 2 heterocycles. The maximum atomic E-state index is 12.9. The van der Waals surface area contributed by atoms with Gasteiger partial charge in [-0.3, -0.25) is 19.6 Å². The van der Waals surface area contributed by atoms with Crippen molar-refractivity contribution in [2.24, 2.45) is 11.0 Å². The molecular formula is C22H19N5O3. The molecule has 8 heteroatoms. The second kappa shape index (κ2) is 8.12. The van der Waals surface area contributed by atoms with Gasteiger partial charge in [0, 0.05) is 29.7 Å². The van der Waals surface area contributed by atoms with E-state index in [0.29, 0.717) is 28.5 Å². The Kier molecular flexibility index (Phi) is 5.21. The van der Waals surface area contributed by atoms with Crippen molar-refractivity contribution in [3.63, 3.8) is 0 Å². The van der Waals surface area contributed by atoms with Crippen LogP contribution in [-0.4, -0.2) is 34.6 Å². The Balaban J connectivity index is 1.53. The second-order valence-electron chi connectivity index (χ2n) is 6.69. The lowest BCUT2D eigenvalue weighted by Crippen LogP contribution is -2.36. The molecule has 0 saturated heterocycles. The summed E-state index contributed by atoms with van der Waals surface area (Å²) in [5.74, 6) is -1.26. The zero-order valence-corrected chi connectivity index (χ0v) is 16.4. The smallest absolute Gasteiger partial charge is 0.265 e. The van der Waals surface area contributed by atoms with Crippen LogP contribution in [0.2, 0.25) is 0 Å². The van der Waals surface area contributed by atoms with Gasteiger partial charge < -0.3 is 10.1 Å². The molecule has 30 heavy (non-hydrogen) atoms. The number of methoxy groups -OCH3 is 1. The molecule has 1 atom stereocenters. The van der Waals surface area contributed by atoms with Crippen LogP contribution in [0.1, 0.15) is 6.92 Å². The Hall–Kier alpha value is -4.07. The highest BCUT2D eigenvalue weighted by atomic mass is 16.5. The van der Waals surface area contributed by atoms with Gasteiger partial charge in [0.05, 0.1) is 30.4 Å². The quantitative estimate of drug-likeness (QED) is 0.663. The molecule has 0 radical (unpaired) electrons. The molecule has 1 unspecified atom stereocenters. The summed E-state index contributed by atoms with van der Waals surface area (Å²) >= 11 is 0. The van der Waals surface area contributed by atoms with Crippen LogP contribution in [0.15, 0.2) is 72.2 Å². The maximum absolute atomic E-state index is 12.9. The molecule has 0 saturated carbocycles. The summed E-state index contributed by atoms with van der Waals surface area (Å²) in [7, 11) is 1.55. The molecule has 0 spiro atoms. The van der Waals surface area contributed by atoms with Gasteiger partial charge in [-0.25, -0.2) is 0 Å². The molecule has 0 aliphatic carbocycles. The molecule has 4 rings (SSSR count). The van der Waals surface area contributed by atoms with Crippen LogP contribution in [0.3, 0.4) is 0 Å². The molecule has 1 aliphatic rings. The minimum atomic E-state index is -1.00. The first-order valence-corrected chi connectivity index (χ1v) is 9.27. The van der Waals surface area contributed by atoms with E-state index in [1.807, 2.05) is 6.07 Å². The number of carbonyl (C=O) groups is 2. The average Bonchev–Trinajstić information content (AvgIpc) is 3.08. The number of nitrogens with zero attached hydrogens (tertiary/aromatic N) is 4. The number of rotatable bonds is 5. The monoisotopic (exact) mass is 401 g/mol. The third kappa shape index (κ3) is 3.75. The molecule has 1 N–H and O–H groups in total. The third-order valence-corrected chi connectivity index (χ3v) is 4.68. The fourth-order valence-electron chi connectivity index (χ4n) is 3.21. The molecule has 0 fully saturated rings. The number of anilines is 2. The predicted octanol–water partition coefficient (Wildman–Crippen LogP) is 3.13. The van der Waals surface area contributed by atoms with E-state index in [4.69, 9.17) is 4.74 Å². The van der Waals surface area contributed by atoms with Gasteiger partial charge in [-0.1, -0.05) is 18.2 Å². The normalized spacial score (nSPS) is 15.7. The van der Waals surface area contributed by atoms with Gasteiger partial charge in [0.15, 0.2) is 5.92 Å². The van der Waals surface area contributed by atoms with Crippen LogP contribution >= 0.6 is 0 Å². The first-order chi connectivity index (χ1) is 14.6. The highest BCUT2D eigenvalue weighted by Gasteiger charge is 2.39. The van der Waals surface area contributed by atoms with Crippen LogP contribution in [0.5, 0.6) is 5.75 Å². The topological polar surface area (TPSA) is 96.8 Å². The predicted molar refractivity (Wildman–Crippen MR) is 113 cm³/mol. The summed E-state index contributed by atoms with van der Waals surface area (Å²) in [6, 6.07) is 14.2. The fourth-order valence-corrected chi connectivity index (χ4v) is 3.21. The number of nitrogens with one attached hydrogen (secondary N) is 1. The Bertz CT molecular complexity index is 1130. The molecule has 150 valence electrons. The van der Waals surface area contributed by atoms with E-state index < -0.39 is 17.7 Å². The van der Waals surface area contributed by atoms with Gasteiger partial charge in [0.1, 0.15) is 5.75 Å². The van der Waals surface area contributed by atoms with Gasteiger partial charge in [-0.2, -0.15) is 10.1 Å². The van der Waals surface area contributed by atoms with E-state index in [1.54, 1.807) is 75.1 Å². The minimum absolute atomic E-state index is 0.414. The number of amides is 2. The van der Waals surface area contributed by atoms with E-state index in [2.05, 4.69) is 20.4 Å². The fraction of sp³-hybridized carbons (Fsp3) is 0.136. The van der Waals surface area contributed by atoms with Crippen LogP contribution in [0, 0.1) is 5.92 Å². The first-order valence-electron chi connectivity index (χ1n) is 9.27. The van der Waals surface area contributed by atoms with E-state index in [9.17, 15) is 9.59 Å².